The normalized spacial score (nSPS) is 11.1. The molecule has 0 radical (unpaired) electrons. The summed E-state index contributed by atoms with van der Waals surface area (Å²) in [5.41, 5.74) is 3.19. The van der Waals surface area contributed by atoms with Crippen molar-refractivity contribution in [2.75, 3.05) is 0 Å². The summed E-state index contributed by atoms with van der Waals surface area (Å²) in [4.78, 5) is 4.92. The molecule has 0 aliphatic rings. The van der Waals surface area contributed by atoms with Gasteiger partial charge in [-0.25, -0.2) is 0 Å². The Labute approximate surface area is 124 Å². The van der Waals surface area contributed by atoms with Gasteiger partial charge >= 0.3 is 0 Å². The predicted octanol–water partition coefficient (Wildman–Crippen LogP) is 3.22. The van der Waals surface area contributed by atoms with Crippen LogP contribution in [0.5, 0.6) is 0 Å². The Morgan fingerprint density at radius 3 is 2.76 bits per heavy atom. The number of benzene rings is 1. The van der Waals surface area contributed by atoms with Crippen molar-refractivity contribution in [3.8, 4) is 22.0 Å². The van der Waals surface area contributed by atoms with Gasteiger partial charge < -0.3 is 0 Å². The standard InChI is InChI=1S/C15H11N5S/c1-10-5-2-3-7-12(10)13-17-18-15-20(13)19-14(21-15)11-6-4-8-16-9-11/h2-9H,1H3. The quantitative estimate of drug-likeness (QED) is 0.569. The van der Waals surface area contributed by atoms with Gasteiger partial charge in [0.2, 0.25) is 4.96 Å². The molecule has 0 atom stereocenters. The van der Waals surface area contributed by atoms with Crippen LogP contribution in [0.1, 0.15) is 5.56 Å². The van der Waals surface area contributed by atoms with E-state index in [4.69, 9.17) is 0 Å². The first-order valence-corrected chi connectivity index (χ1v) is 7.33. The summed E-state index contributed by atoms with van der Waals surface area (Å²) < 4.78 is 1.80. The SMILES string of the molecule is Cc1ccccc1-c1nnc2sc(-c3cccnc3)nn12. The largest absolute Gasteiger partial charge is 0.264 e. The van der Waals surface area contributed by atoms with Crippen molar-refractivity contribution in [2.24, 2.45) is 0 Å². The molecular weight excluding hydrogens is 282 g/mol. The van der Waals surface area contributed by atoms with Gasteiger partial charge in [0.15, 0.2) is 5.82 Å². The zero-order valence-corrected chi connectivity index (χ0v) is 12.1. The lowest BCUT2D eigenvalue weighted by Gasteiger charge is -2.01. The molecule has 4 rings (SSSR count). The molecule has 0 saturated carbocycles. The van der Waals surface area contributed by atoms with Gasteiger partial charge in [-0.15, -0.1) is 10.2 Å². The van der Waals surface area contributed by atoms with E-state index in [0.29, 0.717) is 0 Å². The second kappa shape index (κ2) is 4.75. The summed E-state index contributed by atoms with van der Waals surface area (Å²) in [7, 11) is 0. The van der Waals surface area contributed by atoms with E-state index in [1.54, 1.807) is 16.9 Å². The minimum absolute atomic E-state index is 0.773. The Bertz CT molecular complexity index is 910. The maximum atomic E-state index is 4.63. The average Bonchev–Trinajstić information content (AvgIpc) is 3.09. The van der Waals surface area contributed by atoms with Crippen molar-refractivity contribution in [1.82, 2.24) is 24.8 Å². The minimum Gasteiger partial charge on any atom is -0.264 e. The van der Waals surface area contributed by atoms with Gasteiger partial charge in [0.05, 0.1) is 0 Å². The van der Waals surface area contributed by atoms with Crippen LogP contribution in [0.15, 0.2) is 48.8 Å². The fourth-order valence-electron chi connectivity index (χ4n) is 2.21. The van der Waals surface area contributed by atoms with Crippen LogP contribution >= 0.6 is 11.3 Å². The summed E-state index contributed by atoms with van der Waals surface area (Å²) in [5.74, 6) is 0.773. The van der Waals surface area contributed by atoms with Gasteiger partial charge in [-0.05, 0) is 24.6 Å². The van der Waals surface area contributed by atoms with Crippen LogP contribution in [-0.2, 0) is 0 Å². The first-order valence-electron chi connectivity index (χ1n) is 6.51. The number of nitrogens with zero attached hydrogens (tertiary/aromatic N) is 5. The van der Waals surface area contributed by atoms with Gasteiger partial charge in [-0.3, -0.25) is 4.98 Å². The number of hydrogen-bond donors (Lipinski definition) is 0. The Morgan fingerprint density at radius 2 is 1.95 bits per heavy atom. The predicted molar refractivity (Wildman–Crippen MR) is 82.1 cm³/mol. The molecule has 102 valence electrons. The van der Waals surface area contributed by atoms with Crippen LogP contribution in [-0.4, -0.2) is 24.8 Å². The molecule has 4 aromatic rings. The molecule has 6 heteroatoms. The van der Waals surface area contributed by atoms with Gasteiger partial charge in [0, 0.05) is 23.5 Å². The smallest absolute Gasteiger partial charge is 0.235 e. The highest BCUT2D eigenvalue weighted by atomic mass is 32.1. The van der Waals surface area contributed by atoms with Crippen LogP contribution < -0.4 is 0 Å². The van der Waals surface area contributed by atoms with E-state index in [2.05, 4.69) is 33.3 Å². The van der Waals surface area contributed by atoms with Gasteiger partial charge in [0.25, 0.3) is 0 Å². The Balaban J connectivity index is 1.90. The summed E-state index contributed by atoms with van der Waals surface area (Å²) in [6.45, 7) is 2.06. The van der Waals surface area contributed by atoms with Crippen molar-refractivity contribution in [1.29, 1.82) is 0 Å². The van der Waals surface area contributed by atoms with Crippen molar-refractivity contribution in [3.05, 3.63) is 54.4 Å². The van der Waals surface area contributed by atoms with Crippen LogP contribution in [0.25, 0.3) is 26.9 Å². The lowest BCUT2D eigenvalue weighted by molar-refractivity contribution is 0.968. The van der Waals surface area contributed by atoms with E-state index in [1.165, 1.54) is 11.3 Å². The third-order valence-corrected chi connectivity index (χ3v) is 4.23. The molecule has 1 aromatic carbocycles. The van der Waals surface area contributed by atoms with Crippen molar-refractivity contribution in [2.45, 2.75) is 6.92 Å². The molecule has 0 spiro atoms. The zero-order valence-electron chi connectivity index (χ0n) is 11.3. The molecule has 0 aliphatic heterocycles. The molecule has 0 saturated heterocycles. The Kier molecular flexibility index (Phi) is 2.75. The van der Waals surface area contributed by atoms with E-state index in [0.717, 1.165) is 32.5 Å². The number of aromatic nitrogens is 5. The van der Waals surface area contributed by atoms with E-state index in [-0.39, 0.29) is 0 Å². The fraction of sp³-hybridized carbons (Fsp3) is 0.0667. The monoisotopic (exact) mass is 293 g/mol. The number of pyridine rings is 1. The van der Waals surface area contributed by atoms with Crippen LogP contribution in [0.2, 0.25) is 0 Å². The van der Waals surface area contributed by atoms with Crippen molar-refractivity contribution >= 4 is 16.3 Å². The molecule has 21 heavy (non-hydrogen) atoms. The Hall–Kier alpha value is -2.60. The lowest BCUT2D eigenvalue weighted by Crippen LogP contribution is -1.93. The third-order valence-electron chi connectivity index (χ3n) is 3.29. The lowest BCUT2D eigenvalue weighted by atomic mass is 10.1. The molecule has 0 fully saturated rings. The highest BCUT2D eigenvalue weighted by Gasteiger charge is 2.15. The first-order chi connectivity index (χ1) is 10.3. The molecular formula is C15H11N5S. The highest BCUT2D eigenvalue weighted by Crippen LogP contribution is 2.28. The fourth-order valence-corrected chi connectivity index (χ4v) is 3.04. The molecule has 3 aromatic heterocycles. The van der Waals surface area contributed by atoms with E-state index >= 15 is 0 Å². The summed E-state index contributed by atoms with van der Waals surface area (Å²) >= 11 is 1.51. The van der Waals surface area contributed by atoms with Gasteiger partial charge in [-0.2, -0.15) is 9.61 Å². The molecule has 3 heterocycles. The summed E-state index contributed by atoms with van der Waals surface area (Å²) in [6.07, 6.45) is 3.56. The molecule has 0 aliphatic carbocycles. The Morgan fingerprint density at radius 1 is 1.05 bits per heavy atom. The second-order valence-corrected chi connectivity index (χ2v) is 5.64. The minimum atomic E-state index is 0.773. The molecule has 0 unspecified atom stereocenters. The number of fused-ring (bicyclic) bond motifs is 1. The third kappa shape index (κ3) is 2.00. The van der Waals surface area contributed by atoms with Gasteiger partial charge in [0.1, 0.15) is 5.01 Å². The molecule has 0 N–H and O–H groups in total. The highest BCUT2D eigenvalue weighted by molar-refractivity contribution is 7.19. The zero-order chi connectivity index (χ0) is 14.2. The molecule has 5 nitrogen and oxygen atoms in total. The van der Waals surface area contributed by atoms with E-state index in [1.807, 2.05) is 30.3 Å². The van der Waals surface area contributed by atoms with E-state index < -0.39 is 0 Å². The van der Waals surface area contributed by atoms with E-state index in [9.17, 15) is 0 Å². The van der Waals surface area contributed by atoms with Crippen molar-refractivity contribution < 1.29 is 0 Å². The summed E-state index contributed by atoms with van der Waals surface area (Å²) in [5, 5.41) is 14.0. The van der Waals surface area contributed by atoms with Crippen LogP contribution in [0, 0.1) is 6.92 Å². The maximum Gasteiger partial charge on any atom is 0.235 e. The van der Waals surface area contributed by atoms with Crippen LogP contribution in [0.4, 0.5) is 0 Å². The topological polar surface area (TPSA) is 56.0 Å². The first kappa shape index (κ1) is 12.2. The molecule has 0 bridgehead atoms. The maximum absolute atomic E-state index is 4.63. The average molecular weight is 293 g/mol. The second-order valence-electron chi connectivity index (χ2n) is 4.68. The molecule has 0 amide bonds. The van der Waals surface area contributed by atoms with Crippen molar-refractivity contribution in [3.63, 3.8) is 0 Å². The number of aryl methyl sites for hydroxylation is 1. The van der Waals surface area contributed by atoms with Crippen LogP contribution in [0.3, 0.4) is 0 Å². The number of rotatable bonds is 2. The number of hydrogen-bond acceptors (Lipinski definition) is 5. The van der Waals surface area contributed by atoms with Gasteiger partial charge in [-0.1, -0.05) is 35.6 Å². The summed E-state index contributed by atoms with van der Waals surface area (Å²) in [6, 6.07) is 12.0.